The first kappa shape index (κ1) is 28.8. The lowest BCUT2D eigenvalue weighted by molar-refractivity contribution is 0.423. The molecule has 53 heavy (non-hydrogen) atoms. The van der Waals surface area contributed by atoms with Crippen molar-refractivity contribution in [1.82, 2.24) is 9.88 Å². The molecule has 1 spiro atoms. The minimum absolute atomic E-state index is 0.118. The maximum Gasteiger partial charge on any atom is 0.197 e. The van der Waals surface area contributed by atoms with Gasteiger partial charge in [-0.3, -0.25) is 15.3 Å². The van der Waals surface area contributed by atoms with Gasteiger partial charge >= 0.3 is 0 Å². The summed E-state index contributed by atoms with van der Waals surface area (Å²) in [6.45, 7) is 0. The summed E-state index contributed by atoms with van der Waals surface area (Å²) in [4.78, 5) is 38.6. The quantitative estimate of drug-likeness (QED) is 0.193. The summed E-state index contributed by atoms with van der Waals surface area (Å²) in [5.74, 6) is 1.72. The van der Waals surface area contributed by atoms with Crippen LogP contribution in [0.2, 0.25) is 0 Å². The molecule has 2 N–H and O–H groups in total. The molecule has 13 rings (SSSR count). The number of amidine groups is 4. The molecule has 4 atom stereocenters. The number of allylic oxidation sites excluding steroid dienone is 3. The molecule has 4 aromatic carbocycles. The van der Waals surface area contributed by atoms with E-state index >= 15 is 0 Å². The fraction of sp³-hybridized carbons (Fsp3) is 0.114. The zero-order valence-corrected chi connectivity index (χ0v) is 28.3. The number of fused-ring (bicyclic) bond motifs is 7. The van der Waals surface area contributed by atoms with Crippen LogP contribution >= 0.6 is 0 Å². The Bertz CT molecular complexity index is 2930. The monoisotopic (exact) mass is 683 g/mol. The third kappa shape index (κ3) is 3.88. The summed E-state index contributed by atoms with van der Waals surface area (Å²) in [5, 5.41) is 11.7. The van der Waals surface area contributed by atoms with Gasteiger partial charge in [-0.25, -0.2) is 25.0 Å². The van der Waals surface area contributed by atoms with Crippen molar-refractivity contribution in [2.24, 2.45) is 41.8 Å². The van der Waals surface area contributed by atoms with E-state index < -0.39 is 11.8 Å². The van der Waals surface area contributed by atoms with Gasteiger partial charge in [0.05, 0.1) is 11.6 Å². The summed E-state index contributed by atoms with van der Waals surface area (Å²) in [6, 6.07) is 33.0. The van der Waals surface area contributed by atoms with Crippen molar-refractivity contribution in [2.45, 2.75) is 18.2 Å². The van der Waals surface area contributed by atoms with Crippen LogP contribution < -0.4 is 11.0 Å². The van der Waals surface area contributed by atoms with Gasteiger partial charge in [-0.2, -0.15) is 0 Å². The van der Waals surface area contributed by atoms with Crippen LogP contribution in [0.5, 0.6) is 0 Å². The maximum absolute atomic E-state index is 9.87. The zero-order chi connectivity index (χ0) is 34.8. The maximum atomic E-state index is 9.87. The summed E-state index contributed by atoms with van der Waals surface area (Å²) >= 11 is 0. The number of nitrogens with zero attached hydrogens (tertiary/aromatic N) is 7. The topological polar surface area (TPSA) is 117 Å². The van der Waals surface area contributed by atoms with E-state index in [1.807, 2.05) is 53.6 Å². The predicted octanol–water partition coefficient (Wildman–Crippen LogP) is 6.39. The van der Waals surface area contributed by atoms with Crippen LogP contribution in [-0.4, -0.2) is 50.8 Å². The van der Waals surface area contributed by atoms with E-state index in [0.29, 0.717) is 34.3 Å². The van der Waals surface area contributed by atoms with Gasteiger partial charge in [-0.15, -0.1) is 0 Å². The molecule has 8 aliphatic rings. The lowest BCUT2D eigenvalue weighted by Gasteiger charge is -2.34. The van der Waals surface area contributed by atoms with E-state index in [4.69, 9.17) is 30.0 Å². The Hall–Kier alpha value is -6.87. The van der Waals surface area contributed by atoms with Gasteiger partial charge in [-0.05, 0) is 40.8 Å². The molecule has 9 nitrogen and oxygen atoms in total. The molecule has 0 amide bonds. The Morgan fingerprint density at radius 1 is 0.755 bits per heavy atom. The number of H-pyrrole nitrogens is 1. The SMILES string of the molecule is N=C1c2ccccc2/C2=N/C3=NC4(C=C/N=C5/c6ccccc6/C6=C/c7ccccc7C(=N/C(C65)N12)/N=c1\[nH]/c(c2ccccc12)=N\4)C1=CC=CCC13. The molecular formula is C44H29N9. The van der Waals surface area contributed by atoms with Crippen LogP contribution in [0.4, 0.5) is 0 Å². The summed E-state index contributed by atoms with van der Waals surface area (Å²) in [6.07, 6.45) is 12.6. The Balaban J connectivity index is 1.31. The molecule has 4 unspecified atom stereocenters. The van der Waals surface area contributed by atoms with Crippen LogP contribution in [0.25, 0.3) is 22.4 Å². The number of rotatable bonds is 0. The number of aromatic amines is 1. The van der Waals surface area contributed by atoms with Crippen LogP contribution in [0.15, 0.2) is 163 Å². The molecule has 250 valence electrons. The molecule has 1 aromatic heterocycles. The zero-order valence-electron chi connectivity index (χ0n) is 28.3. The number of aliphatic imine (C=N–C) groups is 4. The van der Waals surface area contributed by atoms with Crippen LogP contribution in [-0.2, 0) is 0 Å². The van der Waals surface area contributed by atoms with Crippen molar-refractivity contribution >= 4 is 51.5 Å². The summed E-state index contributed by atoms with van der Waals surface area (Å²) in [7, 11) is 0. The molecule has 7 bridgehead atoms. The van der Waals surface area contributed by atoms with Crippen molar-refractivity contribution in [2.75, 3.05) is 0 Å². The van der Waals surface area contributed by atoms with Gasteiger partial charge < -0.3 is 4.98 Å². The van der Waals surface area contributed by atoms with E-state index in [-0.39, 0.29) is 11.8 Å². The minimum Gasteiger partial charge on any atom is -0.324 e. The van der Waals surface area contributed by atoms with Crippen LogP contribution in [0.3, 0.4) is 0 Å². The molecule has 7 heterocycles. The number of aromatic nitrogens is 1. The molecular weight excluding hydrogens is 655 g/mol. The highest BCUT2D eigenvalue weighted by atomic mass is 15.3. The van der Waals surface area contributed by atoms with Gasteiger partial charge in [-0.1, -0.05) is 115 Å². The fourth-order valence-corrected chi connectivity index (χ4v) is 9.10. The summed E-state index contributed by atoms with van der Waals surface area (Å²) < 4.78 is 0. The molecule has 6 aliphatic heterocycles. The van der Waals surface area contributed by atoms with Gasteiger partial charge in [0.15, 0.2) is 11.5 Å². The first-order valence-corrected chi connectivity index (χ1v) is 18.0. The largest absolute Gasteiger partial charge is 0.324 e. The third-order valence-electron chi connectivity index (χ3n) is 11.5. The van der Waals surface area contributed by atoms with Gasteiger partial charge in [0.1, 0.15) is 34.6 Å². The van der Waals surface area contributed by atoms with E-state index in [1.54, 1.807) is 0 Å². The molecule has 2 aliphatic carbocycles. The van der Waals surface area contributed by atoms with Crippen molar-refractivity contribution < 1.29 is 0 Å². The standard InChI is InChI=1S/C44H29N9/c45-37-28-15-5-8-18-31(28)42-50-41-32-19-9-10-20-34(32)44(52-41)21-22-46-36-27-14-4-3-13-26(27)33-23-24-11-1-2-12-25(24)38(49-43(35(33)36)53(37)42)47-39-29-16-6-7-17-30(29)40(48-39)51-44/h1-18,20-23,32,35,43,45H,19H2,(H,47,48,49,51)/b22-21?,33-23-,45-37?,46-36-,50-42-. The first-order chi connectivity index (χ1) is 26.1. The predicted molar refractivity (Wildman–Crippen MR) is 208 cm³/mol. The number of hydrogen-bond acceptors (Lipinski definition) is 7. The number of benzene rings is 4. The smallest absolute Gasteiger partial charge is 0.197 e. The fourth-order valence-electron chi connectivity index (χ4n) is 9.10. The van der Waals surface area contributed by atoms with Gasteiger partial charge in [0.2, 0.25) is 0 Å². The second-order valence-corrected chi connectivity index (χ2v) is 14.2. The highest BCUT2D eigenvalue weighted by molar-refractivity contribution is 6.28. The average Bonchev–Trinajstić information content (AvgIpc) is 3.87. The number of hydrogen-bond donors (Lipinski definition) is 2. The third-order valence-corrected chi connectivity index (χ3v) is 11.5. The van der Waals surface area contributed by atoms with Crippen LogP contribution in [0, 0.1) is 17.2 Å². The lowest BCUT2D eigenvalue weighted by atomic mass is 9.85. The second-order valence-electron chi connectivity index (χ2n) is 14.2. The van der Waals surface area contributed by atoms with E-state index in [1.165, 1.54) is 0 Å². The molecule has 5 aromatic rings. The molecule has 0 radical (unpaired) electrons. The van der Waals surface area contributed by atoms with E-state index in [9.17, 15) is 5.41 Å². The van der Waals surface area contributed by atoms with Crippen molar-refractivity contribution in [1.29, 1.82) is 5.41 Å². The normalized spacial score (nSPS) is 30.5. The highest BCUT2D eigenvalue weighted by Crippen LogP contribution is 2.47. The van der Waals surface area contributed by atoms with Crippen molar-refractivity contribution in [3.8, 4) is 0 Å². The summed E-state index contributed by atoms with van der Waals surface area (Å²) in [5.41, 5.74) is 8.92. The molecule has 0 fully saturated rings. The van der Waals surface area contributed by atoms with Gasteiger partial charge in [0.25, 0.3) is 0 Å². The minimum atomic E-state index is -1.13. The lowest BCUT2D eigenvalue weighted by Crippen LogP contribution is -2.46. The Labute approximate surface area is 303 Å². The van der Waals surface area contributed by atoms with Gasteiger partial charge in [0, 0.05) is 45.1 Å². The molecule has 0 saturated carbocycles. The van der Waals surface area contributed by atoms with Crippen LogP contribution in [0.1, 0.15) is 39.8 Å². The van der Waals surface area contributed by atoms with E-state index in [2.05, 4.69) is 90.0 Å². The van der Waals surface area contributed by atoms with Crippen molar-refractivity contribution in [3.63, 3.8) is 0 Å². The Morgan fingerprint density at radius 2 is 1.49 bits per heavy atom. The first-order valence-electron chi connectivity index (χ1n) is 18.0. The Morgan fingerprint density at radius 3 is 2.36 bits per heavy atom. The highest BCUT2D eigenvalue weighted by Gasteiger charge is 2.50. The molecule has 9 heteroatoms. The average molecular weight is 684 g/mol. The molecule has 0 saturated heterocycles. The Kier molecular flexibility index (Phi) is 5.62. The number of nitrogens with one attached hydrogen (secondary N) is 2. The second kappa shape index (κ2) is 10.4. The van der Waals surface area contributed by atoms with Crippen molar-refractivity contribution in [3.05, 3.63) is 177 Å². The van der Waals surface area contributed by atoms with E-state index in [0.717, 1.165) is 67.4 Å².